The number of hydrogen-bond donors (Lipinski definition) is 0. The van der Waals surface area contributed by atoms with E-state index in [0.717, 1.165) is 42.8 Å². The van der Waals surface area contributed by atoms with Crippen molar-refractivity contribution in [3.63, 3.8) is 0 Å². The number of aryl methyl sites for hydroxylation is 15. The average molecular weight is 960 g/mol. The first-order valence-corrected chi connectivity index (χ1v) is 25.6. The Labute approximate surface area is 433 Å². The van der Waals surface area contributed by atoms with E-state index in [0.29, 0.717) is 0 Å². The lowest BCUT2D eigenvalue weighted by atomic mass is 10.0. The van der Waals surface area contributed by atoms with Gasteiger partial charge in [0, 0.05) is 83.2 Å². The highest BCUT2D eigenvalue weighted by molar-refractivity contribution is 5.36. The second kappa shape index (κ2) is 31.4. The van der Waals surface area contributed by atoms with Crippen LogP contribution in [-0.2, 0) is 25.7 Å². The number of nitrogens with zero attached hydrogens (tertiary/aromatic N) is 7. The van der Waals surface area contributed by atoms with E-state index in [-0.39, 0.29) is 0 Å². The molecule has 0 atom stereocenters. The minimum absolute atomic E-state index is 1.03. The van der Waals surface area contributed by atoms with Gasteiger partial charge in [-0.25, -0.2) is 0 Å². The predicted octanol–water partition coefficient (Wildman–Crippen LogP) is 16.3. The van der Waals surface area contributed by atoms with E-state index >= 15 is 0 Å². The summed E-state index contributed by atoms with van der Waals surface area (Å²) < 4.78 is 0. The third-order valence-electron chi connectivity index (χ3n) is 14.4. The molecule has 0 spiro atoms. The standard InChI is InChI=1S/4C10H15N.3C8H11N/c1-5-10-6-11-9(4)7(2)8(10)3;2*1-5-10-9(4)8(3)7(2)6-11-10;1-5-10-6-7(2)8(3)9(4)11-10;1-6-4-9-5-7(2)8(6)3;2*1-6-4-5-9-8(3)7(6)2/h4*6H,5H2,1-4H3;3*4-5H,1-3H3. The smallest absolute Gasteiger partial charge is 0.0432 e. The van der Waals surface area contributed by atoms with Crippen LogP contribution in [0.5, 0.6) is 0 Å². The molecule has 7 aromatic rings. The van der Waals surface area contributed by atoms with Gasteiger partial charge in [0.25, 0.3) is 0 Å². The summed E-state index contributed by atoms with van der Waals surface area (Å²) in [5.41, 5.74) is 32.2. The maximum absolute atomic E-state index is 4.45. The van der Waals surface area contributed by atoms with Crippen LogP contribution in [-0.4, -0.2) is 34.9 Å². The van der Waals surface area contributed by atoms with Crippen molar-refractivity contribution >= 4 is 0 Å². The van der Waals surface area contributed by atoms with Crippen molar-refractivity contribution in [1.29, 1.82) is 0 Å². The third-order valence-corrected chi connectivity index (χ3v) is 14.4. The molecule has 0 N–H and O–H groups in total. The lowest BCUT2D eigenvalue weighted by Gasteiger charge is -2.07. The Hall–Kier alpha value is -5.95. The molecule has 7 nitrogen and oxygen atoms in total. The molecule has 0 radical (unpaired) electrons. The second-order valence-electron chi connectivity index (χ2n) is 19.0. The second-order valence-corrected chi connectivity index (χ2v) is 19.0. The van der Waals surface area contributed by atoms with Gasteiger partial charge in [-0.2, -0.15) is 0 Å². The summed E-state index contributed by atoms with van der Waals surface area (Å²) in [6.45, 7) is 52.8. The van der Waals surface area contributed by atoms with Crippen molar-refractivity contribution in [3.8, 4) is 0 Å². The third kappa shape index (κ3) is 20.0. The minimum Gasteiger partial charge on any atom is -0.264 e. The van der Waals surface area contributed by atoms with Crippen molar-refractivity contribution in [1.82, 2.24) is 34.9 Å². The molecular weight excluding hydrogens is 867 g/mol. The lowest BCUT2D eigenvalue weighted by Crippen LogP contribution is -1.96. The van der Waals surface area contributed by atoms with E-state index in [1.807, 2.05) is 69.4 Å². The number of aromatic nitrogens is 7. The highest BCUT2D eigenvalue weighted by Gasteiger charge is 2.05. The first-order chi connectivity index (χ1) is 33.3. The first-order valence-electron chi connectivity index (χ1n) is 25.6. The van der Waals surface area contributed by atoms with Crippen LogP contribution in [0.15, 0.2) is 61.6 Å². The maximum Gasteiger partial charge on any atom is 0.0432 e. The summed E-state index contributed by atoms with van der Waals surface area (Å²) in [6, 6.07) is 6.23. The molecule has 0 bridgehead atoms. The molecule has 0 aliphatic carbocycles. The van der Waals surface area contributed by atoms with Crippen LogP contribution in [0.4, 0.5) is 0 Å². The van der Waals surface area contributed by atoms with Crippen LogP contribution < -0.4 is 0 Å². The largest absolute Gasteiger partial charge is 0.264 e. The summed E-state index contributed by atoms with van der Waals surface area (Å²) in [5, 5.41) is 0. The van der Waals surface area contributed by atoms with Gasteiger partial charge in [0.15, 0.2) is 0 Å². The highest BCUT2D eigenvalue weighted by atomic mass is 14.7. The molecule has 7 rings (SSSR count). The van der Waals surface area contributed by atoms with Crippen LogP contribution in [0.25, 0.3) is 0 Å². The molecule has 0 aliphatic heterocycles. The van der Waals surface area contributed by atoms with Crippen molar-refractivity contribution < 1.29 is 0 Å². The quantitative estimate of drug-likeness (QED) is 0.174. The van der Waals surface area contributed by atoms with Crippen LogP contribution >= 0.6 is 0 Å². The summed E-state index contributed by atoms with van der Waals surface area (Å²) >= 11 is 0. The SMILES string of the molecule is CCc1cc(C)c(C)c(C)n1.CCc1cnc(C)c(C)c1C.CCc1ncc(C)c(C)c1C.CCc1ncc(C)c(C)c1C.Cc1ccnc(C)c1C.Cc1ccnc(C)c1C.Cc1cncc(C)c1C. The monoisotopic (exact) mass is 960 g/mol. The van der Waals surface area contributed by atoms with Crippen LogP contribution in [0, 0.1) is 145 Å². The van der Waals surface area contributed by atoms with E-state index in [2.05, 4.69) is 200 Å². The van der Waals surface area contributed by atoms with Gasteiger partial charge in [-0.05, 0) is 289 Å². The molecule has 0 aromatic carbocycles. The molecule has 7 heterocycles. The van der Waals surface area contributed by atoms with Crippen molar-refractivity contribution in [2.75, 3.05) is 0 Å². The summed E-state index contributed by atoms with van der Waals surface area (Å²) in [4.78, 5) is 29.8. The first kappa shape index (κ1) is 63.1. The molecule has 0 saturated carbocycles. The van der Waals surface area contributed by atoms with E-state index in [9.17, 15) is 0 Å². The van der Waals surface area contributed by atoms with Crippen molar-refractivity contribution in [3.05, 3.63) is 202 Å². The highest BCUT2D eigenvalue weighted by Crippen LogP contribution is 2.17. The Kier molecular flexibility index (Phi) is 27.9. The van der Waals surface area contributed by atoms with Gasteiger partial charge >= 0.3 is 0 Å². The Bertz CT molecular complexity index is 2430. The maximum atomic E-state index is 4.45. The Morgan fingerprint density at radius 2 is 0.690 bits per heavy atom. The summed E-state index contributed by atoms with van der Waals surface area (Å²) in [6.07, 6.45) is 17.6. The Balaban J connectivity index is 0.000000415. The Morgan fingerprint density at radius 1 is 0.296 bits per heavy atom. The number of hydrogen-bond acceptors (Lipinski definition) is 7. The normalized spacial score (nSPS) is 9.99. The van der Waals surface area contributed by atoms with Crippen molar-refractivity contribution in [2.24, 2.45) is 0 Å². The lowest BCUT2D eigenvalue weighted by molar-refractivity contribution is 0.980. The van der Waals surface area contributed by atoms with Crippen LogP contribution in [0.1, 0.15) is 168 Å². The molecule has 0 aliphatic rings. The molecule has 384 valence electrons. The van der Waals surface area contributed by atoms with Gasteiger partial charge in [-0.1, -0.05) is 27.7 Å². The molecule has 0 amide bonds. The van der Waals surface area contributed by atoms with Gasteiger partial charge in [0.05, 0.1) is 0 Å². The van der Waals surface area contributed by atoms with E-state index in [4.69, 9.17) is 0 Å². The van der Waals surface area contributed by atoms with Gasteiger partial charge in [0.1, 0.15) is 0 Å². The fourth-order valence-electron chi connectivity index (χ4n) is 7.17. The van der Waals surface area contributed by atoms with Gasteiger partial charge in [-0.15, -0.1) is 0 Å². The fourth-order valence-corrected chi connectivity index (χ4v) is 7.17. The fraction of sp³-hybridized carbons (Fsp3) is 0.453. The van der Waals surface area contributed by atoms with E-state index in [1.165, 1.54) is 123 Å². The van der Waals surface area contributed by atoms with E-state index < -0.39 is 0 Å². The van der Waals surface area contributed by atoms with Crippen LogP contribution in [0.2, 0.25) is 0 Å². The molecule has 71 heavy (non-hydrogen) atoms. The minimum atomic E-state index is 1.03. The van der Waals surface area contributed by atoms with Gasteiger partial charge in [0.2, 0.25) is 0 Å². The molecule has 0 unspecified atom stereocenters. The molecule has 7 heteroatoms. The zero-order valence-corrected chi connectivity index (χ0v) is 49.2. The topological polar surface area (TPSA) is 90.2 Å². The van der Waals surface area contributed by atoms with Crippen molar-refractivity contribution in [2.45, 2.75) is 199 Å². The predicted molar refractivity (Wildman–Crippen MR) is 307 cm³/mol. The zero-order chi connectivity index (χ0) is 54.3. The molecule has 7 aromatic heterocycles. The molecule has 0 saturated heterocycles. The summed E-state index contributed by atoms with van der Waals surface area (Å²) in [7, 11) is 0. The average Bonchev–Trinajstić information content (AvgIpc) is 3.35. The molecular formula is C64H93N7. The zero-order valence-electron chi connectivity index (χ0n) is 49.2. The van der Waals surface area contributed by atoms with Gasteiger partial charge in [-0.3, -0.25) is 34.9 Å². The van der Waals surface area contributed by atoms with Gasteiger partial charge < -0.3 is 0 Å². The Morgan fingerprint density at radius 3 is 1.03 bits per heavy atom. The number of pyridine rings is 7. The molecule has 0 fully saturated rings. The summed E-state index contributed by atoms with van der Waals surface area (Å²) in [5.74, 6) is 0. The number of rotatable bonds is 4. The van der Waals surface area contributed by atoms with Crippen LogP contribution in [0.3, 0.4) is 0 Å². The van der Waals surface area contributed by atoms with E-state index in [1.54, 1.807) is 0 Å².